The van der Waals surface area contributed by atoms with Crippen molar-refractivity contribution in [1.29, 1.82) is 0 Å². The lowest BCUT2D eigenvalue weighted by molar-refractivity contribution is -0.137. The molecule has 1 amide bonds. The van der Waals surface area contributed by atoms with Crippen LogP contribution in [0.4, 0.5) is 0 Å². The van der Waals surface area contributed by atoms with Crippen LogP contribution >= 0.6 is 12.4 Å². The van der Waals surface area contributed by atoms with Crippen molar-refractivity contribution >= 4 is 29.1 Å². The summed E-state index contributed by atoms with van der Waals surface area (Å²) in [6, 6.07) is 7.82. The largest absolute Gasteiger partial charge is 0.339 e. The van der Waals surface area contributed by atoms with E-state index in [2.05, 4.69) is 0 Å². The number of rotatable bonds is 4. The number of amides is 1. The zero-order chi connectivity index (χ0) is 16.3. The van der Waals surface area contributed by atoms with Gasteiger partial charge in [-0.3, -0.25) is 9.00 Å². The Kier molecular flexibility index (Phi) is 7.71. The van der Waals surface area contributed by atoms with Gasteiger partial charge in [0.05, 0.1) is 6.04 Å². The Morgan fingerprint density at radius 1 is 1.30 bits per heavy atom. The maximum atomic E-state index is 12.7. The van der Waals surface area contributed by atoms with Crippen molar-refractivity contribution in [2.24, 2.45) is 11.7 Å². The summed E-state index contributed by atoms with van der Waals surface area (Å²) < 4.78 is 11.4. The molecule has 130 valence electrons. The van der Waals surface area contributed by atoms with Crippen molar-refractivity contribution in [3.05, 3.63) is 29.8 Å². The van der Waals surface area contributed by atoms with E-state index in [-0.39, 0.29) is 36.3 Å². The summed E-state index contributed by atoms with van der Waals surface area (Å²) in [6.45, 7) is 2.03. The highest BCUT2D eigenvalue weighted by Crippen LogP contribution is 2.28. The Morgan fingerprint density at radius 3 is 2.43 bits per heavy atom. The smallest absolute Gasteiger partial charge is 0.225 e. The Labute approximate surface area is 147 Å². The lowest BCUT2D eigenvalue weighted by Crippen LogP contribution is -2.39. The molecule has 4 atom stereocenters. The minimum absolute atomic E-state index is 0. The van der Waals surface area contributed by atoms with Gasteiger partial charge in [-0.2, -0.15) is 0 Å². The molecule has 4 nitrogen and oxygen atoms in total. The molecular formula is C17H27ClN2O2S. The van der Waals surface area contributed by atoms with Crippen LogP contribution in [0.3, 0.4) is 0 Å². The average Bonchev–Trinajstić information content (AvgIpc) is 2.52. The van der Waals surface area contributed by atoms with E-state index in [1.807, 2.05) is 43.1 Å². The van der Waals surface area contributed by atoms with Gasteiger partial charge in [-0.1, -0.05) is 18.6 Å². The van der Waals surface area contributed by atoms with Crippen molar-refractivity contribution in [3.63, 3.8) is 0 Å². The molecule has 0 aromatic heterocycles. The molecule has 1 aromatic carbocycles. The fourth-order valence-corrected chi connectivity index (χ4v) is 3.61. The fraction of sp³-hybridized carbons (Fsp3) is 0.588. The summed E-state index contributed by atoms with van der Waals surface area (Å²) in [4.78, 5) is 15.3. The molecular weight excluding hydrogens is 332 g/mol. The summed E-state index contributed by atoms with van der Waals surface area (Å²) in [5.74, 6) is 0.240. The first-order valence-corrected chi connectivity index (χ1v) is 9.41. The predicted molar refractivity (Wildman–Crippen MR) is 97.1 cm³/mol. The van der Waals surface area contributed by atoms with E-state index in [0.717, 1.165) is 36.1 Å². The molecule has 1 aliphatic rings. The second-order valence-electron chi connectivity index (χ2n) is 6.27. The molecule has 1 fully saturated rings. The Bertz CT molecular complexity index is 550. The van der Waals surface area contributed by atoms with E-state index in [1.54, 1.807) is 6.26 Å². The number of hydrogen-bond donors (Lipinski definition) is 1. The van der Waals surface area contributed by atoms with Crippen molar-refractivity contribution in [1.82, 2.24) is 4.90 Å². The summed E-state index contributed by atoms with van der Waals surface area (Å²) in [7, 11) is 0.888. The van der Waals surface area contributed by atoms with Gasteiger partial charge >= 0.3 is 0 Å². The molecule has 1 saturated carbocycles. The van der Waals surface area contributed by atoms with E-state index < -0.39 is 10.8 Å². The molecule has 1 aromatic rings. The molecule has 0 radical (unpaired) electrons. The Morgan fingerprint density at radius 2 is 1.91 bits per heavy atom. The number of nitrogens with two attached hydrogens (primary N) is 1. The van der Waals surface area contributed by atoms with E-state index in [9.17, 15) is 9.00 Å². The van der Waals surface area contributed by atoms with Crippen LogP contribution in [0.1, 0.15) is 44.2 Å². The first-order chi connectivity index (χ1) is 10.4. The van der Waals surface area contributed by atoms with E-state index >= 15 is 0 Å². The van der Waals surface area contributed by atoms with Crippen LogP contribution in [-0.2, 0) is 15.6 Å². The third-order valence-corrected chi connectivity index (χ3v) is 5.62. The predicted octanol–water partition coefficient (Wildman–Crippen LogP) is 2.88. The van der Waals surface area contributed by atoms with E-state index in [1.165, 1.54) is 0 Å². The molecule has 23 heavy (non-hydrogen) atoms. The lowest BCUT2D eigenvalue weighted by Gasteiger charge is -2.32. The number of nitrogens with zero attached hydrogens (tertiary/aromatic N) is 1. The summed E-state index contributed by atoms with van der Waals surface area (Å²) >= 11 is 0. The van der Waals surface area contributed by atoms with Crippen LogP contribution in [0.2, 0.25) is 0 Å². The minimum atomic E-state index is -0.972. The van der Waals surface area contributed by atoms with Gasteiger partial charge in [0.15, 0.2) is 0 Å². The quantitative estimate of drug-likeness (QED) is 0.900. The highest BCUT2D eigenvalue weighted by Gasteiger charge is 2.29. The second kappa shape index (κ2) is 8.81. The molecule has 0 bridgehead atoms. The zero-order valence-electron chi connectivity index (χ0n) is 14.0. The third kappa shape index (κ3) is 5.03. The first kappa shape index (κ1) is 20.1. The average molecular weight is 359 g/mol. The number of carbonyl (C=O) groups is 1. The Balaban J connectivity index is 0.00000264. The Hall–Kier alpha value is -0.910. The molecule has 0 aliphatic heterocycles. The summed E-state index contributed by atoms with van der Waals surface area (Å²) in [5.41, 5.74) is 7.06. The summed E-state index contributed by atoms with van der Waals surface area (Å²) in [5, 5.41) is 0. The van der Waals surface area contributed by atoms with Gasteiger partial charge in [0.25, 0.3) is 0 Å². The van der Waals surface area contributed by atoms with Crippen LogP contribution in [0.5, 0.6) is 0 Å². The maximum absolute atomic E-state index is 12.7. The lowest BCUT2D eigenvalue weighted by atomic mass is 9.85. The van der Waals surface area contributed by atoms with Gasteiger partial charge in [-0.05, 0) is 43.9 Å². The number of hydrogen-bond acceptors (Lipinski definition) is 3. The summed E-state index contributed by atoms with van der Waals surface area (Å²) in [6.07, 6.45) is 5.47. The SMILES string of the molecule is CC(c1ccc(S(C)=O)cc1)N(C)C(=O)C1CCCC(N)C1.Cl. The van der Waals surface area contributed by atoms with Gasteiger partial charge < -0.3 is 10.6 Å². The van der Waals surface area contributed by atoms with Crippen LogP contribution in [0, 0.1) is 5.92 Å². The monoisotopic (exact) mass is 358 g/mol. The standard InChI is InChI=1S/C17H26N2O2S.ClH/c1-12(13-7-9-16(10-8-13)22(3)21)19(2)17(20)14-5-4-6-15(18)11-14;/h7-10,12,14-15H,4-6,11,18H2,1-3H3;1H. The van der Waals surface area contributed by atoms with Crippen LogP contribution in [-0.4, -0.2) is 34.4 Å². The molecule has 0 heterocycles. The number of halogens is 1. The molecule has 0 saturated heterocycles. The van der Waals surface area contributed by atoms with Gasteiger partial charge in [-0.15, -0.1) is 12.4 Å². The zero-order valence-corrected chi connectivity index (χ0v) is 15.7. The van der Waals surface area contributed by atoms with Crippen molar-refractivity contribution in [3.8, 4) is 0 Å². The second-order valence-corrected chi connectivity index (χ2v) is 7.65. The normalized spacial score (nSPS) is 23.5. The van der Waals surface area contributed by atoms with E-state index in [0.29, 0.717) is 0 Å². The topological polar surface area (TPSA) is 63.4 Å². The molecule has 0 spiro atoms. The first-order valence-electron chi connectivity index (χ1n) is 7.85. The molecule has 1 aliphatic carbocycles. The molecule has 4 unspecified atom stereocenters. The van der Waals surface area contributed by atoms with Crippen LogP contribution < -0.4 is 5.73 Å². The van der Waals surface area contributed by atoms with Gasteiger partial charge in [0, 0.05) is 41.0 Å². The van der Waals surface area contributed by atoms with Crippen molar-refractivity contribution in [2.45, 2.75) is 49.6 Å². The maximum Gasteiger partial charge on any atom is 0.225 e. The third-order valence-electron chi connectivity index (χ3n) is 4.69. The minimum Gasteiger partial charge on any atom is -0.339 e. The van der Waals surface area contributed by atoms with Gasteiger partial charge in [-0.25, -0.2) is 0 Å². The van der Waals surface area contributed by atoms with Crippen molar-refractivity contribution < 1.29 is 9.00 Å². The van der Waals surface area contributed by atoms with Gasteiger partial charge in [0.2, 0.25) is 5.91 Å². The molecule has 6 heteroatoms. The fourth-order valence-electron chi connectivity index (χ4n) is 3.09. The van der Waals surface area contributed by atoms with Crippen LogP contribution in [0.15, 0.2) is 29.2 Å². The van der Waals surface area contributed by atoms with Gasteiger partial charge in [0.1, 0.15) is 0 Å². The number of benzene rings is 1. The molecule has 2 N–H and O–H groups in total. The number of carbonyl (C=O) groups excluding carboxylic acids is 1. The van der Waals surface area contributed by atoms with Crippen LogP contribution in [0.25, 0.3) is 0 Å². The highest BCUT2D eigenvalue weighted by molar-refractivity contribution is 7.84. The van der Waals surface area contributed by atoms with E-state index in [4.69, 9.17) is 5.73 Å². The van der Waals surface area contributed by atoms with Crippen molar-refractivity contribution in [2.75, 3.05) is 13.3 Å². The molecule has 2 rings (SSSR count). The highest BCUT2D eigenvalue weighted by atomic mass is 35.5.